The van der Waals surface area contributed by atoms with Crippen LogP contribution < -0.4 is 10.1 Å². The highest BCUT2D eigenvalue weighted by Gasteiger charge is 2.11. The number of carbonyl (C=O) groups is 1. The van der Waals surface area contributed by atoms with Crippen molar-refractivity contribution in [2.45, 2.75) is 12.3 Å². The molecule has 0 aromatic heterocycles. The van der Waals surface area contributed by atoms with Crippen molar-refractivity contribution in [2.24, 2.45) is 0 Å². The van der Waals surface area contributed by atoms with Crippen molar-refractivity contribution in [2.75, 3.05) is 13.7 Å². The number of hydrogen-bond acceptors (Lipinski definition) is 2. The summed E-state index contributed by atoms with van der Waals surface area (Å²) in [6.45, 7) is 2.27. The van der Waals surface area contributed by atoms with E-state index in [0.29, 0.717) is 17.9 Å². The largest absolute Gasteiger partial charge is 0.496 e. The Hall–Kier alpha value is -1.22. The molecular weight excluding hydrogens is 214 g/mol. The summed E-state index contributed by atoms with van der Waals surface area (Å²) in [5.74, 6) is 0.400. The lowest BCUT2D eigenvalue weighted by molar-refractivity contribution is 0.0951. The average molecular weight is 228 g/mol. The minimum absolute atomic E-state index is 0.0799. The number of halogens is 1. The lowest BCUT2D eigenvalue weighted by Crippen LogP contribution is -2.28. The number of methoxy groups -OCH3 is 1. The Kier molecular flexibility index (Phi) is 4.43. The van der Waals surface area contributed by atoms with Crippen molar-refractivity contribution >= 4 is 17.5 Å². The third kappa shape index (κ3) is 3.44. The fraction of sp³-hybridized carbons (Fsp3) is 0.364. The smallest absolute Gasteiger partial charge is 0.255 e. The number of ether oxygens (including phenoxy) is 1. The van der Waals surface area contributed by atoms with Crippen LogP contribution in [-0.4, -0.2) is 24.9 Å². The molecule has 0 fully saturated rings. The summed E-state index contributed by atoms with van der Waals surface area (Å²) in [5, 5.41) is 2.64. The predicted octanol–water partition coefficient (Wildman–Crippen LogP) is 2.05. The summed E-state index contributed by atoms with van der Waals surface area (Å²) in [6, 6.07) is 7.08. The number of hydrogen-bond donors (Lipinski definition) is 1. The Labute approximate surface area is 94.4 Å². The van der Waals surface area contributed by atoms with Gasteiger partial charge in [0.05, 0.1) is 12.7 Å². The third-order valence-electron chi connectivity index (χ3n) is 1.90. The minimum Gasteiger partial charge on any atom is -0.496 e. The molecule has 82 valence electrons. The second-order valence-electron chi connectivity index (χ2n) is 3.19. The number of para-hydroxylation sites is 1. The Balaban J connectivity index is 2.72. The van der Waals surface area contributed by atoms with E-state index in [1.54, 1.807) is 18.2 Å². The molecule has 0 aliphatic rings. The van der Waals surface area contributed by atoms with Gasteiger partial charge < -0.3 is 10.1 Å². The normalized spacial score (nSPS) is 11.9. The molecule has 0 radical (unpaired) electrons. The van der Waals surface area contributed by atoms with Crippen LogP contribution in [0.1, 0.15) is 17.3 Å². The fourth-order valence-electron chi connectivity index (χ4n) is 1.16. The lowest BCUT2D eigenvalue weighted by Gasteiger charge is -2.09. The quantitative estimate of drug-likeness (QED) is 0.800. The van der Waals surface area contributed by atoms with Gasteiger partial charge in [-0.15, -0.1) is 11.6 Å². The van der Waals surface area contributed by atoms with Crippen LogP contribution in [0, 0.1) is 0 Å². The van der Waals surface area contributed by atoms with Gasteiger partial charge in [0.15, 0.2) is 0 Å². The zero-order valence-corrected chi connectivity index (χ0v) is 9.54. The van der Waals surface area contributed by atoms with Gasteiger partial charge in [-0.1, -0.05) is 12.1 Å². The van der Waals surface area contributed by atoms with Crippen molar-refractivity contribution < 1.29 is 9.53 Å². The summed E-state index contributed by atoms with van der Waals surface area (Å²) in [5.41, 5.74) is 0.525. The number of carbonyl (C=O) groups excluding carboxylic acids is 1. The second kappa shape index (κ2) is 5.61. The molecule has 1 aromatic carbocycles. The Bertz CT molecular complexity index is 339. The van der Waals surface area contributed by atoms with Gasteiger partial charge in [-0.25, -0.2) is 0 Å². The molecule has 0 saturated carbocycles. The summed E-state index contributed by atoms with van der Waals surface area (Å²) in [4.78, 5) is 11.7. The van der Waals surface area contributed by atoms with Gasteiger partial charge in [0.25, 0.3) is 5.91 Å². The summed E-state index contributed by atoms with van der Waals surface area (Å²) in [6.07, 6.45) is 0. The molecule has 3 nitrogen and oxygen atoms in total. The van der Waals surface area contributed by atoms with E-state index in [1.165, 1.54) is 7.11 Å². The molecule has 0 saturated heterocycles. The Morgan fingerprint density at radius 3 is 2.80 bits per heavy atom. The zero-order chi connectivity index (χ0) is 11.3. The van der Waals surface area contributed by atoms with Crippen LogP contribution in [0.15, 0.2) is 24.3 Å². The summed E-state index contributed by atoms with van der Waals surface area (Å²) < 4.78 is 5.08. The third-order valence-corrected chi connectivity index (χ3v) is 2.05. The molecule has 0 aliphatic carbocycles. The summed E-state index contributed by atoms with van der Waals surface area (Å²) >= 11 is 5.74. The molecule has 1 aromatic rings. The first-order valence-corrected chi connectivity index (χ1v) is 5.14. The molecule has 0 aliphatic heterocycles. The fourth-order valence-corrected chi connectivity index (χ4v) is 1.24. The first kappa shape index (κ1) is 11.9. The highest BCUT2D eigenvalue weighted by atomic mass is 35.5. The van der Waals surface area contributed by atoms with Gasteiger partial charge in [0.1, 0.15) is 5.75 Å². The van der Waals surface area contributed by atoms with E-state index in [9.17, 15) is 4.79 Å². The van der Waals surface area contributed by atoms with Crippen molar-refractivity contribution in [1.29, 1.82) is 0 Å². The molecule has 15 heavy (non-hydrogen) atoms. The van der Waals surface area contributed by atoms with Gasteiger partial charge in [0.2, 0.25) is 0 Å². The van der Waals surface area contributed by atoms with Crippen LogP contribution in [0.4, 0.5) is 0 Å². The molecule has 1 rings (SSSR count). The predicted molar refractivity (Wildman–Crippen MR) is 60.6 cm³/mol. The van der Waals surface area contributed by atoms with Gasteiger partial charge in [-0.05, 0) is 19.1 Å². The highest BCUT2D eigenvalue weighted by Crippen LogP contribution is 2.16. The van der Waals surface area contributed by atoms with E-state index >= 15 is 0 Å². The molecule has 1 unspecified atom stereocenters. The van der Waals surface area contributed by atoms with E-state index in [2.05, 4.69) is 5.32 Å². The Morgan fingerprint density at radius 2 is 2.20 bits per heavy atom. The summed E-state index contributed by atoms with van der Waals surface area (Å²) in [7, 11) is 1.54. The number of rotatable bonds is 4. The van der Waals surface area contributed by atoms with Crippen molar-refractivity contribution in [3.8, 4) is 5.75 Å². The molecule has 1 amide bonds. The van der Waals surface area contributed by atoms with Crippen molar-refractivity contribution in [1.82, 2.24) is 5.32 Å². The van der Waals surface area contributed by atoms with E-state index < -0.39 is 0 Å². The minimum atomic E-state index is -0.167. The van der Waals surface area contributed by atoms with Gasteiger partial charge in [-0.2, -0.15) is 0 Å². The SMILES string of the molecule is COc1ccccc1C(=O)NCC(C)Cl. The molecule has 0 bridgehead atoms. The van der Waals surface area contributed by atoms with Crippen molar-refractivity contribution in [3.05, 3.63) is 29.8 Å². The first-order chi connectivity index (χ1) is 7.15. The number of alkyl halides is 1. The van der Waals surface area contributed by atoms with Crippen LogP contribution in [-0.2, 0) is 0 Å². The molecule has 0 heterocycles. The number of nitrogens with one attached hydrogen (secondary N) is 1. The van der Waals surface area contributed by atoms with Crippen molar-refractivity contribution in [3.63, 3.8) is 0 Å². The second-order valence-corrected chi connectivity index (χ2v) is 3.94. The van der Waals surface area contributed by atoms with Crippen LogP contribution >= 0.6 is 11.6 Å². The van der Waals surface area contributed by atoms with Gasteiger partial charge >= 0.3 is 0 Å². The first-order valence-electron chi connectivity index (χ1n) is 4.70. The zero-order valence-electron chi connectivity index (χ0n) is 8.79. The van der Waals surface area contributed by atoms with Crippen LogP contribution in [0.25, 0.3) is 0 Å². The topological polar surface area (TPSA) is 38.3 Å². The van der Waals surface area contributed by atoms with E-state index in [4.69, 9.17) is 16.3 Å². The standard InChI is InChI=1S/C11H14ClNO2/c1-8(12)7-13-11(14)9-5-3-4-6-10(9)15-2/h3-6,8H,7H2,1-2H3,(H,13,14). The number of benzene rings is 1. The lowest BCUT2D eigenvalue weighted by atomic mass is 10.2. The monoisotopic (exact) mass is 227 g/mol. The number of amides is 1. The van der Waals surface area contributed by atoms with Gasteiger partial charge in [-0.3, -0.25) is 4.79 Å². The van der Waals surface area contributed by atoms with E-state index in [-0.39, 0.29) is 11.3 Å². The highest BCUT2D eigenvalue weighted by molar-refractivity contribution is 6.20. The van der Waals surface area contributed by atoms with E-state index in [0.717, 1.165) is 0 Å². The molecule has 4 heteroatoms. The maximum atomic E-state index is 11.7. The average Bonchev–Trinajstić information content (AvgIpc) is 2.25. The maximum absolute atomic E-state index is 11.7. The Morgan fingerprint density at radius 1 is 1.53 bits per heavy atom. The maximum Gasteiger partial charge on any atom is 0.255 e. The molecule has 0 spiro atoms. The molecular formula is C11H14ClNO2. The van der Waals surface area contributed by atoms with Crippen LogP contribution in [0.3, 0.4) is 0 Å². The molecule has 1 atom stereocenters. The van der Waals surface area contributed by atoms with Gasteiger partial charge in [0, 0.05) is 11.9 Å². The molecule has 1 N–H and O–H groups in total. The van der Waals surface area contributed by atoms with Crippen LogP contribution in [0.5, 0.6) is 5.75 Å². The van der Waals surface area contributed by atoms with E-state index in [1.807, 2.05) is 13.0 Å². The van der Waals surface area contributed by atoms with Crippen LogP contribution in [0.2, 0.25) is 0 Å².